The fourth-order valence-corrected chi connectivity index (χ4v) is 8.78. The molecule has 1 aromatic rings. The maximum atomic E-state index is 13.8. The van der Waals surface area contributed by atoms with Gasteiger partial charge in [0.15, 0.2) is 9.84 Å². The quantitative estimate of drug-likeness (QED) is 0.525. The number of hydrogen-bond acceptors (Lipinski definition) is 7. The minimum absolute atomic E-state index is 0.0162. The van der Waals surface area contributed by atoms with Gasteiger partial charge >= 0.3 is 6.18 Å². The molecule has 222 valence electrons. The largest absolute Gasteiger partial charge is 0.403 e. The van der Waals surface area contributed by atoms with Crippen LogP contribution in [0.4, 0.5) is 18.9 Å². The molecule has 5 aliphatic rings. The zero-order valence-corrected chi connectivity index (χ0v) is 23.9. The summed E-state index contributed by atoms with van der Waals surface area (Å²) in [7, 11) is -4.24. The van der Waals surface area contributed by atoms with Gasteiger partial charge in [-0.15, -0.1) is 0 Å². The highest BCUT2D eigenvalue weighted by atomic mass is 35.5. The lowest BCUT2D eigenvalue weighted by Gasteiger charge is -2.39. The molecule has 9 nitrogen and oxygen atoms in total. The Kier molecular flexibility index (Phi) is 6.78. The van der Waals surface area contributed by atoms with Crippen LogP contribution in [0.25, 0.3) is 0 Å². The second-order valence-electron chi connectivity index (χ2n) is 12.0. The molecule has 14 heteroatoms. The van der Waals surface area contributed by atoms with Crippen LogP contribution in [0.5, 0.6) is 0 Å². The van der Waals surface area contributed by atoms with E-state index in [0.717, 1.165) is 49.6 Å². The lowest BCUT2D eigenvalue weighted by Crippen LogP contribution is -2.53. The number of alkyl halides is 3. The predicted octanol–water partition coefficient (Wildman–Crippen LogP) is 2.88. The number of rotatable bonds is 6. The molecule has 2 aliphatic carbocycles. The number of likely N-dealkylation sites (tertiary alicyclic amines) is 1. The molecule has 5 fully saturated rings. The Morgan fingerprint density at radius 1 is 1.10 bits per heavy atom. The van der Waals surface area contributed by atoms with Crippen molar-refractivity contribution in [2.24, 2.45) is 5.41 Å². The van der Waals surface area contributed by atoms with Gasteiger partial charge in [-0.25, -0.2) is 8.42 Å². The average Bonchev–Trinajstić information content (AvgIpc) is 3.80. The highest BCUT2D eigenvalue weighted by Crippen LogP contribution is 2.59. The lowest BCUT2D eigenvalue weighted by molar-refractivity contribution is -0.199. The molecule has 2 amide bonds. The molecule has 0 aromatic heterocycles. The third-order valence-corrected chi connectivity index (χ3v) is 12.1. The third kappa shape index (κ3) is 4.85. The van der Waals surface area contributed by atoms with Crippen molar-refractivity contribution in [3.05, 3.63) is 23.2 Å². The first kappa shape index (κ1) is 28.6. The highest BCUT2D eigenvalue weighted by molar-refractivity contribution is 7.92. The molecular formula is C27H31ClF3N5O4S. The summed E-state index contributed by atoms with van der Waals surface area (Å²) in [6.07, 6.45) is -3.04. The van der Waals surface area contributed by atoms with E-state index in [1.807, 2.05) is 6.07 Å². The molecule has 3 atom stereocenters. The van der Waals surface area contributed by atoms with Crippen molar-refractivity contribution < 1.29 is 31.2 Å². The molecule has 0 bridgehead atoms. The Bertz CT molecular complexity index is 1420. The zero-order valence-electron chi connectivity index (χ0n) is 22.3. The van der Waals surface area contributed by atoms with Gasteiger partial charge in [0.2, 0.25) is 11.8 Å². The number of benzene rings is 1. The van der Waals surface area contributed by atoms with Crippen molar-refractivity contribution in [1.82, 2.24) is 15.1 Å². The topological polar surface area (TPSA) is 114 Å². The molecule has 2 saturated carbocycles. The first-order chi connectivity index (χ1) is 19.3. The number of piperazine rings is 1. The Morgan fingerprint density at radius 3 is 2.44 bits per heavy atom. The summed E-state index contributed by atoms with van der Waals surface area (Å²) in [5, 5.41) is 10.6. The van der Waals surface area contributed by atoms with Gasteiger partial charge in [0.05, 0.1) is 21.2 Å². The van der Waals surface area contributed by atoms with Crippen LogP contribution < -0.4 is 10.2 Å². The van der Waals surface area contributed by atoms with Crippen LogP contribution in [0.15, 0.2) is 23.1 Å². The Morgan fingerprint density at radius 2 is 1.83 bits per heavy atom. The fourth-order valence-electron chi connectivity index (χ4n) is 6.55. The van der Waals surface area contributed by atoms with E-state index in [4.69, 9.17) is 11.6 Å². The maximum absolute atomic E-state index is 13.8. The van der Waals surface area contributed by atoms with Gasteiger partial charge in [-0.3, -0.25) is 14.5 Å². The summed E-state index contributed by atoms with van der Waals surface area (Å²) < 4.78 is 69.1. The van der Waals surface area contributed by atoms with Crippen molar-refractivity contribution in [3.8, 4) is 6.07 Å². The van der Waals surface area contributed by atoms with E-state index < -0.39 is 75.9 Å². The molecule has 3 aliphatic heterocycles. The van der Waals surface area contributed by atoms with Crippen LogP contribution in [0, 0.1) is 16.7 Å². The second-order valence-corrected chi connectivity index (χ2v) is 14.6. The van der Waals surface area contributed by atoms with Gasteiger partial charge in [0.1, 0.15) is 17.0 Å². The number of nitriles is 1. The smallest absolute Gasteiger partial charge is 0.369 e. The van der Waals surface area contributed by atoms with Crippen LogP contribution in [0.3, 0.4) is 0 Å². The number of carbonyl (C=O) groups is 2. The van der Waals surface area contributed by atoms with Crippen LogP contribution in [-0.2, 0) is 19.4 Å². The summed E-state index contributed by atoms with van der Waals surface area (Å²) in [6.45, 7) is 3.01. The van der Waals surface area contributed by atoms with Gasteiger partial charge in [0, 0.05) is 37.9 Å². The SMILES string of the molecule is N#CC1(NC(=O)[C@@H]2CC(S(=O)(=O)c3ccc(N4CCN5CCCC5C4)cc3Cl)CN2C(=O)C2(C(F)(F)F)CC2)CC1. The van der Waals surface area contributed by atoms with E-state index in [9.17, 15) is 36.4 Å². The van der Waals surface area contributed by atoms with Gasteiger partial charge in [-0.2, -0.15) is 18.4 Å². The van der Waals surface area contributed by atoms with E-state index in [-0.39, 0.29) is 9.92 Å². The van der Waals surface area contributed by atoms with E-state index in [1.54, 1.807) is 12.1 Å². The summed E-state index contributed by atoms with van der Waals surface area (Å²) in [6, 6.07) is 5.64. The minimum Gasteiger partial charge on any atom is -0.369 e. The number of amides is 2. The van der Waals surface area contributed by atoms with Crippen molar-refractivity contribution in [2.45, 2.75) is 78.9 Å². The van der Waals surface area contributed by atoms with Gasteiger partial charge in [-0.05, 0) is 69.7 Å². The Labute approximate surface area is 241 Å². The first-order valence-corrected chi connectivity index (χ1v) is 15.9. The summed E-state index contributed by atoms with van der Waals surface area (Å²) in [5.74, 6) is -2.11. The van der Waals surface area contributed by atoms with Crippen LogP contribution in [0.1, 0.15) is 44.9 Å². The van der Waals surface area contributed by atoms with Crippen molar-refractivity contribution >= 4 is 38.9 Å². The van der Waals surface area contributed by atoms with Gasteiger partial charge < -0.3 is 15.1 Å². The zero-order chi connectivity index (χ0) is 29.4. The van der Waals surface area contributed by atoms with Crippen molar-refractivity contribution in [1.29, 1.82) is 5.26 Å². The number of sulfone groups is 1. The lowest BCUT2D eigenvalue weighted by atomic mass is 10.0. The predicted molar refractivity (Wildman–Crippen MR) is 143 cm³/mol. The normalized spacial score (nSPS) is 28.6. The van der Waals surface area contributed by atoms with E-state index in [0.29, 0.717) is 18.9 Å². The fraction of sp³-hybridized carbons (Fsp3) is 0.667. The number of fused-ring (bicyclic) bond motifs is 1. The summed E-state index contributed by atoms with van der Waals surface area (Å²) in [4.78, 5) is 31.6. The van der Waals surface area contributed by atoms with Crippen molar-refractivity contribution in [3.63, 3.8) is 0 Å². The average molecular weight is 614 g/mol. The number of carbonyl (C=O) groups excluding carboxylic acids is 2. The number of nitrogens with zero attached hydrogens (tertiary/aromatic N) is 4. The van der Waals surface area contributed by atoms with Gasteiger partial charge in [-0.1, -0.05) is 11.6 Å². The second kappa shape index (κ2) is 9.74. The number of halogens is 4. The number of nitrogens with one attached hydrogen (secondary N) is 1. The molecule has 3 heterocycles. The molecule has 41 heavy (non-hydrogen) atoms. The van der Waals surface area contributed by atoms with Crippen LogP contribution >= 0.6 is 11.6 Å². The van der Waals surface area contributed by atoms with E-state index in [1.165, 1.54) is 6.07 Å². The Balaban J connectivity index is 1.25. The third-order valence-electron chi connectivity index (χ3n) is 9.47. The van der Waals surface area contributed by atoms with Crippen LogP contribution in [0.2, 0.25) is 5.02 Å². The molecule has 1 aromatic carbocycles. The molecule has 0 radical (unpaired) electrons. The molecule has 6 rings (SSSR count). The monoisotopic (exact) mass is 613 g/mol. The van der Waals surface area contributed by atoms with E-state index in [2.05, 4.69) is 15.1 Å². The number of anilines is 1. The minimum atomic E-state index is -4.82. The number of hydrogen-bond donors (Lipinski definition) is 1. The first-order valence-electron chi connectivity index (χ1n) is 13.9. The maximum Gasteiger partial charge on any atom is 0.403 e. The van der Waals surface area contributed by atoms with E-state index >= 15 is 0 Å². The highest BCUT2D eigenvalue weighted by Gasteiger charge is 2.70. The summed E-state index contributed by atoms with van der Waals surface area (Å²) in [5.41, 5.74) is -2.96. The summed E-state index contributed by atoms with van der Waals surface area (Å²) >= 11 is 6.52. The van der Waals surface area contributed by atoms with Crippen molar-refractivity contribution in [2.75, 3.05) is 37.6 Å². The molecular weight excluding hydrogens is 583 g/mol. The van der Waals surface area contributed by atoms with Gasteiger partial charge in [0.25, 0.3) is 0 Å². The molecule has 1 N–H and O–H groups in total. The molecule has 2 unspecified atom stereocenters. The molecule has 3 saturated heterocycles. The molecule has 0 spiro atoms. The van der Waals surface area contributed by atoms with Crippen LogP contribution in [-0.4, -0.2) is 91.8 Å². The standard InChI is InChI=1S/C27H31ClF3N5O4S/c28-20-12-17(35-11-10-34-9-1-2-18(34)14-35)3-4-22(20)41(39,40)19-13-21(23(37)33-25(16-32)5-6-25)36(15-19)24(38)26(7-8-26)27(29,30)31/h3-4,12,18-19,21H,1-2,5-11,13-15H2,(H,33,37)/t18?,19?,21-/m0/s1. The Hall–Kier alpha value is -2.56.